The minimum absolute atomic E-state index is 0.391. The lowest BCUT2D eigenvalue weighted by atomic mass is 10.0. The van der Waals surface area contributed by atoms with Crippen LogP contribution in [0, 0.1) is 0 Å². The van der Waals surface area contributed by atoms with Gasteiger partial charge in [-0.3, -0.25) is 0 Å². The monoisotopic (exact) mass is 246 g/mol. The van der Waals surface area contributed by atoms with E-state index in [1.54, 1.807) is 0 Å². The second-order valence-electron chi connectivity index (χ2n) is 5.85. The van der Waals surface area contributed by atoms with Crippen molar-refractivity contribution in [2.24, 2.45) is 5.73 Å². The lowest BCUT2D eigenvalue weighted by molar-refractivity contribution is 0.211. The summed E-state index contributed by atoms with van der Waals surface area (Å²) in [7, 11) is 0. The summed E-state index contributed by atoms with van der Waals surface area (Å²) in [6.45, 7) is 7.92. The van der Waals surface area contributed by atoms with Crippen molar-refractivity contribution in [2.75, 3.05) is 19.6 Å². The molecule has 0 bridgehead atoms. The van der Waals surface area contributed by atoms with Crippen LogP contribution in [0.2, 0.25) is 0 Å². The van der Waals surface area contributed by atoms with Gasteiger partial charge in [0.25, 0.3) is 0 Å². The molecule has 0 radical (unpaired) electrons. The average molecular weight is 246 g/mol. The first-order chi connectivity index (χ1) is 8.65. The zero-order valence-electron chi connectivity index (χ0n) is 11.7. The summed E-state index contributed by atoms with van der Waals surface area (Å²) >= 11 is 0. The zero-order chi connectivity index (χ0) is 13.0. The van der Waals surface area contributed by atoms with Crippen LogP contribution in [-0.4, -0.2) is 30.6 Å². The Morgan fingerprint density at radius 2 is 2.00 bits per heavy atom. The largest absolute Gasteiger partial charge is 0.327 e. The fraction of sp³-hybridized carbons (Fsp3) is 0.625. The molecular formula is C16H26N2. The molecule has 1 aliphatic rings. The summed E-state index contributed by atoms with van der Waals surface area (Å²) < 4.78 is 0. The Morgan fingerprint density at radius 3 is 2.61 bits per heavy atom. The highest BCUT2D eigenvalue weighted by atomic mass is 15.1. The van der Waals surface area contributed by atoms with Crippen molar-refractivity contribution in [2.45, 2.75) is 45.1 Å². The fourth-order valence-electron chi connectivity index (χ4n) is 2.65. The number of benzene rings is 1. The summed E-state index contributed by atoms with van der Waals surface area (Å²) in [5.41, 5.74) is 8.88. The molecular weight excluding hydrogens is 220 g/mol. The molecule has 1 aromatic rings. The molecule has 1 unspecified atom stereocenters. The average Bonchev–Trinajstić information content (AvgIpc) is 2.37. The van der Waals surface area contributed by atoms with Crippen LogP contribution in [0.15, 0.2) is 24.3 Å². The third-order valence-corrected chi connectivity index (χ3v) is 3.91. The van der Waals surface area contributed by atoms with Crippen LogP contribution >= 0.6 is 0 Å². The molecule has 1 fully saturated rings. The van der Waals surface area contributed by atoms with Crippen LogP contribution in [0.1, 0.15) is 43.7 Å². The molecule has 1 heterocycles. The summed E-state index contributed by atoms with van der Waals surface area (Å²) in [6.07, 6.45) is 3.60. The van der Waals surface area contributed by atoms with Crippen LogP contribution in [0.25, 0.3) is 0 Å². The Hall–Kier alpha value is -0.860. The number of rotatable bonds is 4. The lowest BCUT2D eigenvalue weighted by Gasteiger charge is -2.30. The fourth-order valence-corrected chi connectivity index (χ4v) is 2.65. The van der Waals surface area contributed by atoms with E-state index in [1.807, 2.05) is 0 Å². The Kier molecular flexibility index (Phi) is 4.79. The molecule has 2 nitrogen and oxygen atoms in total. The minimum atomic E-state index is 0.391. The van der Waals surface area contributed by atoms with E-state index in [-0.39, 0.29) is 0 Å². The summed E-state index contributed by atoms with van der Waals surface area (Å²) in [5, 5.41) is 0. The minimum Gasteiger partial charge on any atom is -0.327 e. The van der Waals surface area contributed by atoms with Crippen molar-refractivity contribution in [3.05, 3.63) is 35.4 Å². The summed E-state index contributed by atoms with van der Waals surface area (Å²) in [6, 6.07) is 9.48. The summed E-state index contributed by atoms with van der Waals surface area (Å²) in [5.74, 6) is 0.624. The van der Waals surface area contributed by atoms with E-state index in [0.717, 1.165) is 19.5 Å². The number of nitrogens with zero attached hydrogens (tertiary/aromatic N) is 1. The second kappa shape index (κ2) is 6.35. The van der Waals surface area contributed by atoms with E-state index in [2.05, 4.69) is 43.0 Å². The van der Waals surface area contributed by atoms with Crippen molar-refractivity contribution in [1.82, 2.24) is 4.90 Å². The van der Waals surface area contributed by atoms with Gasteiger partial charge in [0.1, 0.15) is 0 Å². The molecule has 1 aliphatic heterocycles. The van der Waals surface area contributed by atoms with Gasteiger partial charge in [-0.25, -0.2) is 0 Å². The highest BCUT2D eigenvalue weighted by molar-refractivity contribution is 5.24. The summed E-state index contributed by atoms with van der Waals surface area (Å²) in [4.78, 5) is 2.50. The molecule has 1 saturated heterocycles. The van der Waals surface area contributed by atoms with Crippen molar-refractivity contribution in [3.8, 4) is 0 Å². The van der Waals surface area contributed by atoms with Gasteiger partial charge in [0.2, 0.25) is 0 Å². The number of likely N-dealkylation sites (tertiary alicyclic amines) is 1. The number of piperidine rings is 1. The molecule has 2 N–H and O–H groups in total. The second-order valence-corrected chi connectivity index (χ2v) is 5.85. The van der Waals surface area contributed by atoms with Crippen molar-refractivity contribution < 1.29 is 0 Å². The van der Waals surface area contributed by atoms with Gasteiger partial charge >= 0.3 is 0 Å². The molecule has 0 spiro atoms. The van der Waals surface area contributed by atoms with Crippen LogP contribution < -0.4 is 5.73 Å². The SMILES string of the molecule is CC(C)c1ccc(CCN2CCCC(N)C2)cc1. The predicted octanol–water partition coefficient (Wildman–Crippen LogP) is 2.78. The van der Waals surface area contributed by atoms with Gasteiger partial charge in [-0.15, -0.1) is 0 Å². The zero-order valence-corrected chi connectivity index (χ0v) is 11.7. The Morgan fingerprint density at radius 1 is 1.28 bits per heavy atom. The molecule has 0 saturated carbocycles. The molecule has 0 aliphatic carbocycles. The van der Waals surface area contributed by atoms with Crippen LogP contribution in [0.4, 0.5) is 0 Å². The normalized spacial score (nSPS) is 21.4. The van der Waals surface area contributed by atoms with E-state index >= 15 is 0 Å². The maximum atomic E-state index is 6.01. The van der Waals surface area contributed by atoms with E-state index < -0.39 is 0 Å². The Balaban J connectivity index is 1.82. The van der Waals surface area contributed by atoms with E-state index in [0.29, 0.717) is 12.0 Å². The van der Waals surface area contributed by atoms with Gasteiger partial charge in [0, 0.05) is 19.1 Å². The van der Waals surface area contributed by atoms with Crippen LogP contribution in [0.3, 0.4) is 0 Å². The van der Waals surface area contributed by atoms with Crippen molar-refractivity contribution >= 4 is 0 Å². The van der Waals surface area contributed by atoms with Gasteiger partial charge in [0.15, 0.2) is 0 Å². The van der Waals surface area contributed by atoms with Gasteiger partial charge in [-0.1, -0.05) is 38.1 Å². The first-order valence-corrected chi connectivity index (χ1v) is 7.22. The van der Waals surface area contributed by atoms with E-state index in [4.69, 9.17) is 5.73 Å². The molecule has 1 aromatic carbocycles. The van der Waals surface area contributed by atoms with Crippen LogP contribution in [-0.2, 0) is 6.42 Å². The van der Waals surface area contributed by atoms with Crippen LogP contribution in [0.5, 0.6) is 0 Å². The maximum Gasteiger partial charge on any atom is 0.0168 e. The Labute approximate surface area is 111 Å². The predicted molar refractivity (Wildman–Crippen MR) is 77.9 cm³/mol. The van der Waals surface area contributed by atoms with Gasteiger partial charge in [-0.2, -0.15) is 0 Å². The van der Waals surface area contributed by atoms with Gasteiger partial charge in [0.05, 0.1) is 0 Å². The van der Waals surface area contributed by atoms with Crippen molar-refractivity contribution in [3.63, 3.8) is 0 Å². The number of hydrogen-bond acceptors (Lipinski definition) is 2. The number of hydrogen-bond donors (Lipinski definition) is 1. The highest BCUT2D eigenvalue weighted by Gasteiger charge is 2.15. The molecule has 2 heteroatoms. The quantitative estimate of drug-likeness (QED) is 0.885. The standard InChI is InChI=1S/C16H26N2/c1-13(2)15-7-5-14(6-8-15)9-11-18-10-3-4-16(17)12-18/h5-8,13,16H,3-4,9-12,17H2,1-2H3. The third-order valence-electron chi connectivity index (χ3n) is 3.91. The molecule has 18 heavy (non-hydrogen) atoms. The smallest absolute Gasteiger partial charge is 0.0168 e. The third kappa shape index (κ3) is 3.82. The van der Waals surface area contributed by atoms with Gasteiger partial charge in [-0.05, 0) is 42.9 Å². The maximum absolute atomic E-state index is 6.01. The molecule has 0 aromatic heterocycles. The topological polar surface area (TPSA) is 29.3 Å². The van der Waals surface area contributed by atoms with Gasteiger partial charge < -0.3 is 10.6 Å². The highest BCUT2D eigenvalue weighted by Crippen LogP contribution is 2.15. The molecule has 2 rings (SSSR count). The first kappa shape index (κ1) is 13.6. The lowest BCUT2D eigenvalue weighted by Crippen LogP contribution is -2.43. The van der Waals surface area contributed by atoms with E-state index in [9.17, 15) is 0 Å². The molecule has 1 atom stereocenters. The number of nitrogens with two attached hydrogens (primary N) is 1. The molecule has 100 valence electrons. The Bertz CT molecular complexity index is 356. The first-order valence-electron chi connectivity index (χ1n) is 7.22. The van der Waals surface area contributed by atoms with E-state index in [1.165, 1.54) is 30.5 Å². The molecule has 0 amide bonds. The van der Waals surface area contributed by atoms with Crippen molar-refractivity contribution in [1.29, 1.82) is 0 Å².